The molecule has 0 spiro atoms. The second-order valence-corrected chi connectivity index (χ2v) is 10.8. The predicted molar refractivity (Wildman–Crippen MR) is 145 cm³/mol. The van der Waals surface area contributed by atoms with Gasteiger partial charge in [-0.2, -0.15) is 13.2 Å². The number of benzene rings is 3. The minimum absolute atomic E-state index is 0.103. The second kappa shape index (κ2) is 9.56. The Bertz CT molecular complexity index is 1700. The van der Waals surface area contributed by atoms with Gasteiger partial charge in [0.05, 0.1) is 23.0 Å². The average Bonchev–Trinajstić information content (AvgIpc) is 2.88. The highest BCUT2D eigenvalue weighted by molar-refractivity contribution is 5.95. The number of hydrogen-bond donors (Lipinski definition) is 0. The number of rotatable bonds is 3. The normalized spacial score (nSPS) is 12.2. The Morgan fingerprint density at radius 1 is 0.795 bits per heavy atom. The minimum atomic E-state index is -4.63. The van der Waals surface area contributed by atoms with Crippen molar-refractivity contribution < 1.29 is 22.1 Å². The van der Waals surface area contributed by atoms with Gasteiger partial charge in [-0.25, -0.2) is 13.9 Å². The Hall–Kier alpha value is -4.13. The summed E-state index contributed by atoms with van der Waals surface area (Å²) in [5.74, 6) is -0.443. The number of alkyl halides is 3. The van der Waals surface area contributed by atoms with Gasteiger partial charge in [-0.3, -0.25) is 4.98 Å². The molecule has 7 heteroatoms. The van der Waals surface area contributed by atoms with Crippen LogP contribution in [0, 0.1) is 12.7 Å². The monoisotopic (exact) mass is 530 g/mol. The Morgan fingerprint density at radius 3 is 2.15 bits per heavy atom. The van der Waals surface area contributed by atoms with E-state index in [9.17, 15) is 17.6 Å². The highest BCUT2D eigenvalue weighted by Gasteiger charge is 2.36. The number of aromatic nitrogens is 3. The first kappa shape index (κ1) is 26.5. The maximum Gasteiger partial charge on any atom is 0.418 e. The molecule has 0 aliphatic carbocycles. The molecule has 2 aromatic heterocycles. The van der Waals surface area contributed by atoms with E-state index in [1.807, 2.05) is 42.1 Å². The summed E-state index contributed by atoms with van der Waals surface area (Å²) in [6, 6.07) is 18.7. The molecule has 0 amide bonds. The molecule has 2 heterocycles. The van der Waals surface area contributed by atoms with Crippen LogP contribution in [-0.4, -0.2) is 9.97 Å². The van der Waals surface area contributed by atoms with Crippen molar-refractivity contribution >= 4 is 11.0 Å². The largest absolute Gasteiger partial charge is 0.418 e. The van der Waals surface area contributed by atoms with Crippen molar-refractivity contribution in [2.45, 2.75) is 39.3 Å². The predicted octanol–water partition coefficient (Wildman–Crippen LogP) is 8.22. The van der Waals surface area contributed by atoms with Crippen LogP contribution in [0.5, 0.6) is 0 Å². The lowest BCUT2D eigenvalue weighted by atomic mass is 9.82. The summed E-state index contributed by atoms with van der Waals surface area (Å²) in [4.78, 5) is 8.93. The van der Waals surface area contributed by atoms with E-state index in [2.05, 4.69) is 42.9 Å². The minimum Gasteiger partial charge on any atom is -0.251 e. The Balaban J connectivity index is 1.78. The van der Waals surface area contributed by atoms with E-state index in [-0.39, 0.29) is 22.1 Å². The van der Waals surface area contributed by atoms with Crippen LogP contribution in [0.1, 0.15) is 37.5 Å². The van der Waals surface area contributed by atoms with Crippen LogP contribution < -0.4 is 4.57 Å². The molecule has 0 N–H and O–H groups in total. The Labute approximate surface area is 224 Å². The summed E-state index contributed by atoms with van der Waals surface area (Å²) in [6.45, 7) is 8.11. The zero-order chi connectivity index (χ0) is 28.1. The van der Waals surface area contributed by atoms with E-state index in [1.54, 1.807) is 6.92 Å². The number of halogens is 4. The third kappa shape index (κ3) is 5.01. The fourth-order valence-electron chi connectivity index (χ4n) is 4.98. The van der Waals surface area contributed by atoms with E-state index in [0.717, 1.165) is 22.9 Å². The zero-order valence-electron chi connectivity index (χ0n) is 22.4. The molecule has 3 nitrogen and oxygen atoms in total. The fraction of sp³-hybridized carbons (Fsp3) is 0.219. The first-order valence-electron chi connectivity index (χ1n) is 12.6. The molecule has 0 aliphatic rings. The van der Waals surface area contributed by atoms with Gasteiger partial charge in [0.25, 0.3) is 0 Å². The van der Waals surface area contributed by atoms with Gasteiger partial charge in [-0.15, -0.1) is 0 Å². The zero-order valence-corrected chi connectivity index (χ0v) is 22.4. The van der Waals surface area contributed by atoms with Crippen molar-refractivity contribution in [3.8, 4) is 33.6 Å². The molecular weight excluding hydrogens is 502 g/mol. The van der Waals surface area contributed by atoms with Gasteiger partial charge in [0.1, 0.15) is 23.9 Å². The second-order valence-electron chi connectivity index (χ2n) is 10.8. The van der Waals surface area contributed by atoms with E-state index in [0.29, 0.717) is 16.7 Å². The summed E-state index contributed by atoms with van der Waals surface area (Å²) in [7, 11) is 1.86. The summed E-state index contributed by atoms with van der Waals surface area (Å²) in [5, 5.41) is 0. The fourth-order valence-corrected chi connectivity index (χ4v) is 4.98. The van der Waals surface area contributed by atoms with E-state index < -0.39 is 17.6 Å². The van der Waals surface area contributed by atoms with Gasteiger partial charge in [-0.1, -0.05) is 45.0 Å². The number of hydrogen-bond acceptors (Lipinski definition) is 2. The van der Waals surface area contributed by atoms with Crippen LogP contribution >= 0.6 is 0 Å². The van der Waals surface area contributed by atoms with E-state index >= 15 is 0 Å². The molecule has 198 valence electrons. The molecule has 5 rings (SSSR count). The number of nitrogens with zero attached hydrogens (tertiary/aromatic N) is 3. The van der Waals surface area contributed by atoms with Crippen LogP contribution in [0.15, 0.2) is 79.1 Å². The molecule has 0 bridgehead atoms. The van der Waals surface area contributed by atoms with Gasteiger partial charge < -0.3 is 0 Å². The Kier molecular flexibility index (Phi) is 6.49. The molecule has 0 saturated heterocycles. The van der Waals surface area contributed by atoms with Gasteiger partial charge in [-0.05, 0) is 64.9 Å². The maximum absolute atomic E-state index is 14.2. The molecule has 0 unspecified atom stereocenters. The average molecular weight is 531 g/mol. The SMILES string of the molecule is Cc1cc(C(F)(F)F)c2nc(-c3ccc(F)cc3)cnc2c1-c1cc(-c2ccccc2C(C)(C)C)cc[n+]1C. The smallest absolute Gasteiger partial charge is 0.251 e. The highest BCUT2D eigenvalue weighted by Crippen LogP contribution is 2.40. The lowest BCUT2D eigenvalue weighted by molar-refractivity contribution is -0.660. The summed E-state index contributed by atoms with van der Waals surface area (Å²) >= 11 is 0. The van der Waals surface area contributed by atoms with E-state index in [1.165, 1.54) is 36.0 Å². The molecule has 39 heavy (non-hydrogen) atoms. The number of pyridine rings is 1. The molecule has 0 aliphatic heterocycles. The Morgan fingerprint density at radius 2 is 1.49 bits per heavy atom. The van der Waals surface area contributed by atoms with E-state index in [4.69, 9.17) is 0 Å². The standard InChI is InChI=1S/C32H28F4N3/c1-19-16-25(32(34,35)36)29-30(37-18-26(38-29)20-10-12-22(33)13-11-20)28(19)27-17-21(14-15-39(27)5)23-8-6-7-9-24(23)31(2,3)4/h6-18H,1-5H3/q+1. The maximum atomic E-state index is 14.2. The van der Waals surface area contributed by atoms with Crippen LogP contribution in [0.3, 0.4) is 0 Å². The number of aryl methyl sites for hydroxylation is 2. The van der Waals surface area contributed by atoms with Crippen molar-refractivity contribution in [2.24, 2.45) is 7.05 Å². The summed E-state index contributed by atoms with van der Waals surface area (Å²) in [5.41, 5.74) is 4.59. The molecule has 5 aromatic rings. The summed E-state index contributed by atoms with van der Waals surface area (Å²) in [6.07, 6.45) is -1.28. The van der Waals surface area contributed by atoms with Crippen molar-refractivity contribution in [1.82, 2.24) is 9.97 Å². The molecule has 0 fully saturated rings. The topological polar surface area (TPSA) is 29.7 Å². The van der Waals surface area contributed by atoms with Crippen molar-refractivity contribution in [3.05, 3.63) is 102 Å². The quantitative estimate of drug-likeness (QED) is 0.174. The molecule has 0 saturated carbocycles. The number of fused-ring (bicyclic) bond motifs is 1. The highest BCUT2D eigenvalue weighted by atomic mass is 19.4. The lowest BCUT2D eigenvalue weighted by Gasteiger charge is -2.23. The molecule has 0 atom stereocenters. The van der Waals surface area contributed by atoms with Crippen LogP contribution in [0.4, 0.5) is 17.6 Å². The third-order valence-corrected chi connectivity index (χ3v) is 6.92. The van der Waals surface area contributed by atoms with Crippen LogP contribution in [-0.2, 0) is 18.6 Å². The van der Waals surface area contributed by atoms with Crippen molar-refractivity contribution in [3.63, 3.8) is 0 Å². The van der Waals surface area contributed by atoms with Crippen LogP contribution in [0.25, 0.3) is 44.7 Å². The first-order chi connectivity index (χ1) is 18.3. The van der Waals surface area contributed by atoms with Gasteiger partial charge in [0.15, 0.2) is 6.20 Å². The first-order valence-corrected chi connectivity index (χ1v) is 12.6. The summed E-state index contributed by atoms with van der Waals surface area (Å²) < 4.78 is 58.0. The van der Waals surface area contributed by atoms with Crippen molar-refractivity contribution in [1.29, 1.82) is 0 Å². The molecular formula is C32H28F4N3+. The molecule has 3 aromatic carbocycles. The van der Waals surface area contributed by atoms with Gasteiger partial charge >= 0.3 is 6.18 Å². The van der Waals surface area contributed by atoms with Crippen molar-refractivity contribution in [2.75, 3.05) is 0 Å². The molecule has 0 radical (unpaired) electrons. The third-order valence-electron chi connectivity index (χ3n) is 6.92. The van der Waals surface area contributed by atoms with Gasteiger partial charge in [0.2, 0.25) is 5.69 Å². The van der Waals surface area contributed by atoms with Crippen LogP contribution in [0.2, 0.25) is 0 Å². The van der Waals surface area contributed by atoms with Gasteiger partial charge in [0, 0.05) is 17.7 Å². The lowest BCUT2D eigenvalue weighted by Crippen LogP contribution is -2.31.